The molecule has 4 aliphatic rings. The standard InChI is InChI=1S/C56H63FN6O12/c1-4-56(74)41-25-45-51-39(29-63(45)54(72)40(41)30-75-55(56)73)50-43(19-18-38-32(3)42(57)26-44(61-51)49(38)50)60-47(68)16-11-15-36(65)27-59-52(70)34(23-33-12-7-5-8-13-33)24-37(66)28-58-46(67)20-17-35(64)14-9-6-10-21-62-48(69)22-31(2)53(62)71/h5,7-8,12-13,25-26,31,34,43,74H,4,6,9-11,14-24,27-30H2,1-3H3,(H,58,67)(H,59,70)(H,60,68)/t31?,34-,43+,56+/m1/s1. The first-order valence-corrected chi connectivity index (χ1v) is 26.0. The summed E-state index contributed by atoms with van der Waals surface area (Å²) in [7, 11) is 0. The van der Waals surface area contributed by atoms with Gasteiger partial charge < -0.3 is 30.4 Å². The molecular weight excluding hydrogens is 968 g/mol. The highest BCUT2D eigenvalue weighted by molar-refractivity contribution is 6.03. The predicted molar refractivity (Wildman–Crippen MR) is 270 cm³/mol. The van der Waals surface area contributed by atoms with Gasteiger partial charge in [-0.3, -0.25) is 48.1 Å². The summed E-state index contributed by atoms with van der Waals surface area (Å²) in [6.45, 7) is 4.45. The van der Waals surface area contributed by atoms with Crippen LogP contribution in [0.25, 0.3) is 22.3 Å². The smallest absolute Gasteiger partial charge is 0.343 e. The van der Waals surface area contributed by atoms with Gasteiger partial charge in [0.15, 0.2) is 17.2 Å². The minimum absolute atomic E-state index is 0.00934. The number of ether oxygens (including phenoxy) is 1. The quantitative estimate of drug-likeness (QED) is 0.0371. The van der Waals surface area contributed by atoms with E-state index in [0.717, 1.165) is 11.1 Å². The van der Waals surface area contributed by atoms with Gasteiger partial charge in [-0.15, -0.1) is 0 Å². The number of Topliss-reactive ketones (excluding diaryl/α,β-unsaturated/α-hetero) is 3. The molecular formula is C56H63FN6O12. The summed E-state index contributed by atoms with van der Waals surface area (Å²) >= 11 is 0. The van der Waals surface area contributed by atoms with Gasteiger partial charge in [0.25, 0.3) is 5.56 Å². The van der Waals surface area contributed by atoms with E-state index in [4.69, 9.17) is 9.72 Å². The number of amides is 5. The van der Waals surface area contributed by atoms with Crippen molar-refractivity contribution in [3.63, 3.8) is 0 Å². The number of hydrogen-bond donors (Lipinski definition) is 4. The number of benzene rings is 2. The van der Waals surface area contributed by atoms with Gasteiger partial charge >= 0.3 is 5.97 Å². The number of halogens is 1. The Morgan fingerprint density at radius 1 is 0.867 bits per heavy atom. The lowest BCUT2D eigenvalue weighted by Gasteiger charge is -2.31. The first kappa shape index (κ1) is 54.0. The van der Waals surface area contributed by atoms with Crippen molar-refractivity contribution in [2.24, 2.45) is 11.8 Å². The number of aliphatic hydroxyl groups is 1. The Morgan fingerprint density at radius 2 is 1.61 bits per heavy atom. The number of likely N-dealkylation sites (tertiary alicyclic amines) is 1. The van der Waals surface area contributed by atoms with Gasteiger partial charge in [-0.1, -0.05) is 50.6 Å². The average Bonchev–Trinajstić information content (AvgIpc) is 3.88. The molecule has 5 heterocycles. The lowest BCUT2D eigenvalue weighted by Crippen LogP contribution is -2.44. The summed E-state index contributed by atoms with van der Waals surface area (Å²) in [6.07, 6.45) is 3.02. The van der Waals surface area contributed by atoms with E-state index in [1.165, 1.54) is 15.5 Å². The molecule has 0 saturated carbocycles. The SMILES string of the molecule is CC[C@@]1(O)C(=O)OCc2c1cc1n(c2=O)Cc2c-1nc1cc(F)c(C)c3c1c2[C@@H](NC(=O)CCCC(=O)CNC(=O)[C@@H](CC(=O)CNC(=O)CCC(=O)CCCCCN1C(=O)CC(C)C1=O)Cc1ccccc1)CC3. The fraction of sp³-hybridized carbons (Fsp3) is 0.482. The van der Waals surface area contributed by atoms with Gasteiger partial charge in [0.1, 0.15) is 18.2 Å². The molecule has 0 bridgehead atoms. The molecule has 396 valence electrons. The van der Waals surface area contributed by atoms with Crippen molar-refractivity contribution in [1.29, 1.82) is 0 Å². The largest absolute Gasteiger partial charge is 0.458 e. The number of hydrogen-bond acceptors (Lipinski definition) is 13. The summed E-state index contributed by atoms with van der Waals surface area (Å²) < 4.78 is 22.1. The third-order valence-electron chi connectivity index (χ3n) is 15.1. The van der Waals surface area contributed by atoms with Crippen LogP contribution in [0.1, 0.15) is 142 Å². The van der Waals surface area contributed by atoms with Crippen molar-refractivity contribution >= 4 is 63.8 Å². The molecule has 4 N–H and O–H groups in total. The van der Waals surface area contributed by atoms with Gasteiger partial charge in [-0.25, -0.2) is 14.2 Å². The summed E-state index contributed by atoms with van der Waals surface area (Å²) in [4.78, 5) is 135. The van der Waals surface area contributed by atoms with Gasteiger partial charge in [0.05, 0.1) is 48.1 Å². The zero-order chi connectivity index (χ0) is 53.7. The Kier molecular flexibility index (Phi) is 16.6. The Bertz CT molecular complexity index is 3060. The van der Waals surface area contributed by atoms with Gasteiger partial charge in [0, 0.05) is 85.9 Å². The van der Waals surface area contributed by atoms with E-state index in [-0.39, 0.29) is 137 Å². The molecule has 1 fully saturated rings. The molecule has 19 heteroatoms. The summed E-state index contributed by atoms with van der Waals surface area (Å²) in [6, 6.07) is 11.4. The van der Waals surface area contributed by atoms with E-state index in [0.29, 0.717) is 77.6 Å². The van der Waals surface area contributed by atoms with Crippen LogP contribution in [0.4, 0.5) is 4.39 Å². The second-order valence-electron chi connectivity index (χ2n) is 20.3. The number of pyridine rings is 2. The molecule has 8 rings (SSSR count). The van der Waals surface area contributed by atoms with E-state index < -0.39 is 52.5 Å². The first-order valence-electron chi connectivity index (χ1n) is 26.0. The topological polar surface area (TPSA) is 257 Å². The fourth-order valence-corrected chi connectivity index (χ4v) is 10.8. The number of cyclic esters (lactones) is 1. The van der Waals surface area contributed by atoms with Crippen LogP contribution in [0.2, 0.25) is 0 Å². The number of aromatic nitrogens is 2. The minimum Gasteiger partial charge on any atom is -0.458 e. The molecule has 3 aliphatic heterocycles. The van der Waals surface area contributed by atoms with Crippen LogP contribution in [0.5, 0.6) is 0 Å². The van der Waals surface area contributed by atoms with Crippen LogP contribution in [0, 0.1) is 24.6 Å². The number of imide groups is 1. The van der Waals surface area contributed by atoms with Crippen LogP contribution in [-0.2, 0) is 79.5 Å². The molecule has 4 aromatic rings. The van der Waals surface area contributed by atoms with Crippen LogP contribution < -0.4 is 21.5 Å². The van der Waals surface area contributed by atoms with Crippen molar-refractivity contribution in [1.82, 2.24) is 30.4 Å². The van der Waals surface area contributed by atoms with Crippen molar-refractivity contribution < 1.29 is 57.4 Å². The van der Waals surface area contributed by atoms with Crippen molar-refractivity contribution in [3.05, 3.63) is 97.6 Å². The number of carbonyl (C=O) groups excluding carboxylic acids is 9. The summed E-state index contributed by atoms with van der Waals surface area (Å²) in [5.74, 6) is -5.03. The van der Waals surface area contributed by atoms with Gasteiger partial charge in [-0.05, 0) is 80.2 Å². The van der Waals surface area contributed by atoms with Crippen LogP contribution >= 0.6 is 0 Å². The third-order valence-corrected chi connectivity index (χ3v) is 15.1. The maximum atomic E-state index is 15.4. The molecule has 1 saturated heterocycles. The minimum atomic E-state index is -2.04. The number of ketones is 3. The maximum absolute atomic E-state index is 15.4. The fourth-order valence-electron chi connectivity index (χ4n) is 10.8. The van der Waals surface area contributed by atoms with E-state index in [1.54, 1.807) is 39.0 Å². The molecule has 4 atom stereocenters. The normalized spacial score (nSPS) is 18.7. The molecule has 18 nitrogen and oxygen atoms in total. The Labute approximate surface area is 432 Å². The highest BCUT2D eigenvalue weighted by atomic mass is 19.1. The maximum Gasteiger partial charge on any atom is 0.343 e. The van der Waals surface area contributed by atoms with Crippen LogP contribution in [0.15, 0.2) is 47.3 Å². The molecule has 1 aliphatic carbocycles. The number of rotatable bonds is 24. The Hall–Kier alpha value is -7.28. The number of fused-ring (bicyclic) bond motifs is 5. The molecule has 5 amide bonds. The van der Waals surface area contributed by atoms with E-state index in [9.17, 15) is 53.1 Å². The molecule has 2 aromatic heterocycles. The van der Waals surface area contributed by atoms with Crippen molar-refractivity contribution in [3.8, 4) is 11.4 Å². The van der Waals surface area contributed by atoms with E-state index in [2.05, 4.69) is 16.0 Å². The Balaban J connectivity index is 0.818. The number of unbranched alkanes of at least 4 members (excludes halogenated alkanes) is 2. The zero-order valence-corrected chi connectivity index (χ0v) is 42.6. The summed E-state index contributed by atoms with van der Waals surface area (Å²) in [5.41, 5.74) is 2.23. The number of nitrogens with one attached hydrogen (secondary N) is 3. The van der Waals surface area contributed by atoms with E-state index >= 15 is 4.39 Å². The second kappa shape index (κ2) is 23.1. The van der Waals surface area contributed by atoms with Crippen LogP contribution in [0.3, 0.4) is 0 Å². The lowest BCUT2D eigenvalue weighted by molar-refractivity contribution is -0.172. The highest BCUT2D eigenvalue weighted by Crippen LogP contribution is 2.46. The predicted octanol–water partition coefficient (Wildman–Crippen LogP) is 4.73. The third kappa shape index (κ3) is 11.7. The lowest BCUT2D eigenvalue weighted by atomic mass is 9.81. The van der Waals surface area contributed by atoms with Gasteiger partial charge in [-0.2, -0.15) is 0 Å². The second-order valence-corrected chi connectivity index (χ2v) is 20.3. The average molecular weight is 1030 g/mol. The number of esters is 1. The van der Waals surface area contributed by atoms with E-state index in [1.807, 2.05) is 18.2 Å². The van der Waals surface area contributed by atoms with Crippen molar-refractivity contribution in [2.45, 2.75) is 142 Å². The number of carbonyl (C=O) groups is 9. The van der Waals surface area contributed by atoms with Crippen molar-refractivity contribution in [2.75, 3.05) is 19.6 Å². The monoisotopic (exact) mass is 1030 g/mol. The number of aryl methyl sites for hydroxylation is 1. The Morgan fingerprint density at radius 3 is 2.35 bits per heavy atom. The summed E-state index contributed by atoms with van der Waals surface area (Å²) in [5, 5.41) is 20.4. The number of nitrogens with zero attached hydrogens (tertiary/aromatic N) is 3. The van der Waals surface area contributed by atoms with Crippen LogP contribution in [-0.4, -0.2) is 92.0 Å². The molecule has 0 spiro atoms. The van der Waals surface area contributed by atoms with Gasteiger partial charge in [0.2, 0.25) is 29.5 Å². The molecule has 2 aromatic carbocycles. The highest BCUT2D eigenvalue weighted by Gasteiger charge is 2.46. The molecule has 75 heavy (non-hydrogen) atoms. The molecule has 0 radical (unpaired) electrons. The first-order chi connectivity index (χ1) is 35.9. The molecule has 1 unspecified atom stereocenters. The zero-order valence-electron chi connectivity index (χ0n) is 42.6.